The average molecular weight is 200 g/mol. The third-order valence-electron chi connectivity index (χ3n) is 1.39. The van der Waals surface area contributed by atoms with Crippen LogP contribution in [0.2, 0.25) is 0 Å². The molecule has 1 aromatic heterocycles. The van der Waals surface area contributed by atoms with E-state index >= 15 is 0 Å². The molecule has 1 heterocycles. The molecule has 0 saturated carbocycles. The number of nitrogens with two attached hydrogens (primary N) is 1. The fourth-order valence-corrected chi connectivity index (χ4v) is 1.67. The summed E-state index contributed by atoms with van der Waals surface area (Å²) in [5.74, 6) is -0.303. The number of carbonyl (C=O) groups is 1. The molecule has 1 aromatic rings. The van der Waals surface area contributed by atoms with Crippen molar-refractivity contribution in [3.63, 3.8) is 0 Å². The normalized spacial score (nSPS) is 10.0. The topological polar surface area (TPSA) is 65.2 Å². The third-order valence-corrected chi connectivity index (χ3v) is 2.43. The highest BCUT2D eigenvalue weighted by Gasteiger charge is 2.10. The summed E-state index contributed by atoms with van der Waals surface area (Å²) in [7, 11) is 0. The minimum Gasteiger partial charge on any atom is -0.462 e. The van der Waals surface area contributed by atoms with Crippen LogP contribution in [0.25, 0.3) is 0 Å². The van der Waals surface area contributed by atoms with Crippen LogP contribution in [0, 0.1) is 0 Å². The molecule has 1 rings (SSSR count). The summed E-state index contributed by atoms with van der Waals surface area (Å²) in [5.41, 5.74) is 5.36. The first-order chi connectivity index (χ1) is 6.27. The van der Waals surface area contributed by atoms with Crippen molar-refractivity contribution in [2.24, 2.45) is 5.73 Å². The van der Waals surface area contributed by atoms with E-state index in [1.54, 1.807) is 6.92 Å². The van der Waals surface area contributed by atoms with Gasteiger partial charge in [0, 0.05) is 6.42 Å². The SMILES string of the molecule is CCOC(=O)c1cnc(CCN)s1. The van der Waals surface area contributed by atoms with Gasteiger partial charge in [0.1, 0.15) is 4.88 Å². The molecule has 0 aromatic carbocycles. The van der Waals surface area contributed by atoms with Crippen LogP contribution in [-0.2, 0) is 11.2 Å². The van der Waals surface area contributed by atoms with E-state index in [1.165, 1.54) is 17.5 Å². The molecule has 5 heteroatoms. The molecule has 72 valence electrons. The Balaban J connectivity index is 2.62. The monoisotopic (exact) mass is 200 g/mol. The van der Waals surface area contributed by atoms with Crippen LogP contribution < -0.4 is 5.73 Å². The second-order valence-electron chi connectivity index (χ2n) is 2.38. The van der Waals surface area contributed by atoms with E-state index in [-0.39, 0.29) is 5.97 Å². The average Bonchev–Trinajstić information content (AvgIpc) is 2.54. The number of thiazole rings is 1. The largest absolute Gasteiger partial charge is 0.462 e. The smallest absolute Gasteiger partial charge is 0.349 e. The van der Waals surface area contributed by atoms with Crippen LogP contribution in [0.4, 0.5) is 0 Å². The molecule has 0 fully saturated rings. The van der Waals surface area contributed by atoms with Gasteiger partial charge in [-0.25, -0.2) is 9.78 Å². The van der Waals surface area contributed by atoms with Gasteiger partial charge < -0.3 is 10.5 Å². The van der Waals surface area contributed by atoms with E-state index in [4.69, 9.17) is 10.5 Å². The lowest BCUT2D eigenvalue weighted by molar-refractivity contribution is 0.0532. The lowest BCUT2D eigenvalue weighted by Gasteiger charge is -1.95. The fourth-order valence-electron chi connectivity index (χ4n) is 0.846. The Bertz CT molecular complexity index is 285. The molecule has 13 heavy (non-hydrogen) atoms. The summed E-state index contributed by atoms with van der Waals surface area (Å²) in [5, 5.41) is 0.880. The first kappa shape index (κ1) is 10.1. The minimum atomic E-state index is -0.303. The van der Waals surface area contributed by atoms with Crippen molar-refractivity contribution >= 4 is 17.3 Å². The maximum absolute atomic E-state index is 11.2. The quantitative estimate of drug-likeness (QED) is 0.731. The third kappa shape index (κ3) is 2.78. The number of hydrogen-bond donors (Lipinski definition) is 1. The number of ether oxygens (including phenoxy) is 1. The summed E-state index contributed by atoms with van der Waals surface area (Å²) in [6.45, 7) is 2.72. The summed E-state index contributed by atoms with van der Waals surface area (Å²) < 4.78 is 4.82. The van der Waals surface area contributed by atoms with Crippen LogP contribution in [0.3, 0.4) is 0 Å². The molecular formula is C8H12N2O2S. The van der Waals surface area contributed by atoms with E-state index in [0.29, 0.717) is 24.4 Å². The van der Waals surface area contributed by atoms with Gasteiger partial charge in [-0.05, 0) is 13.5 Å². The Labute approximate surface area is 80.7 Å². The van der Waals surface area contributed by atoms with Gasteiger partial charge in [0.15, 0.2) is 0 Å². The molecule has 0 aliphatic rings. The molecule has 0 unspecified atom stereocenters. The van der Waals surface area contributed by atoms with Gasteiger partial charge in [-0.15, -0.1) is 11.3 Å². The summed E-state index contributed by atoms with van der Waals surface area (Å²) in [4.78, 5) is 15.8. The van der Waals surface area contributed by atoms with E-state index in [2.05, 4.69) is 4.98 Å². The molecule has 0 bridgehead atoms. The van der Waals surface area contributed by atoms with E-state index in [0.717, 1.165) is 5.01 Å². The van der Waals surface area contributed by atoms with Crippen molar-refractivity contribution in [2.75, 3.05) is 13.2 Å². The predicted molar refractivity (Wildman–Crippen MR) is 50.8 cm³/mol. The maximum Gasteiger partial charge on any atom is 0.349 e. The number of esters is 1. The highest BCUT2D eigenvalue weighted by atomic mass is 32.1. The van der Waals surface area contributed by atoms with E-state index in [9.17, 15) is 4.79 Å². The first-order valence-electron chi connectivity index (χ1n) is 4.09. The van der Waals surface area contributed by atoms with Gasteiger partial charge in [0.2, 0.25) is 0 Å². The fraction of sp³-hybridized carbons (Fsp3) is 0.500. The first-order valence-corrected chi connectivity index (χ1v) is 4.91. The molecule has 0 spiro atoms. The second kappa shape index (κ2) is 4.94. The summed E-state index contributed by atoms with van der Waals surface area (Å²) in [6, 6.07) is 0. The van der Waals surface area contributed by atoms with Gasteiger partial charge in [-0.2, -0.15) is 0 Å². The van der Waals surface area contributed by atoms with Crippen LogP contribution in [0.1, 0.15) is 21.6 Å². The lowest BCUT2D eigenvalue weighted by Crippen LogP contribution is -2.02. The Hall–Kier alpha value is -0.940. The zero-order chi connectivity index (χ0) is 9.68. The molecule has 0 radical (unpaired) electrons. The van der Waals surface area contributed by atoms with Crippen LogP contribution in [0.15, 0.2) is 6.20 Å². The Morgan fingerprint density at radius 1 is 1.77 bits per heavy atom. The second-order valence-corrected chi connectivity index (χ2v) is 3.49. The number of aromatic nitrogens is 1. The number of nitrogens with zero attached hydrogens (tertiary/aromatic N) is 1. The van der Waals surface area contributed by atoms with Crippen molar-refractivity contribution < 1.29 is 9.53 Å². The molecule has 2 N–H and O–H groups in total. The van der Waals surface area contributed by atoms with Gasteiger partial charge in [-0.3, -0.25) is 0 Å². The summed E-state index contributed by atoms with van der Waals surface area (Å²) in [6.07, 6.45) is 2.25. The maximum atomic E-state index is 11.2. The van der Waals surface area contributed by atoms with Crippen LogP contribution in [-0.4, -0.2) is 24.1 Å². The Kier molecular flexibility index (Phi) is 3.85. The Morgan fingerprint density at radius 2 is 2.54 bits per heavy atom. The number of carbonyl (C=O) groups excluding carboxylic acids is 1. The van der Waals surface area contributed by atoms with Crippen LogP contribution in [0.5, 0.6) is 0 Å². The van der Waals surface area contributed by atoms with Crippen molar-refractivity contribution in [1.82, 2.24) is 4.98 Å². The van der Waals surface area contributed by atoms with Gasteiger partial charge in [0.25, 0.3) is 0 Å². The number of hydrogen-bond acceptors (Lipinski definition) is 5. The zero-order valence-electron chi connectivity index (χ0n) is 7.45. The van der Waals surface area contributed by atoms with E-state index < -0.39 is 0 Å². The van der Waals surface area contributed by atoms with Gasteiger partial charge >= 0.3 is 5.97 Å². The molecule has 0 atom stereocenters. The van der Waals surface area contributed by atoms with Crippen molar-refractivity contribution in [2.45, 2.75) is 13.3 Å². The minimum absolute atomic E-state index is 0.303. The lowest BCUT2D eigenvalue weighted by atomic mass is 10.5. The summed E-state index contributed by atoms with van der Waals surface area (Å²) >= 11 is 1.34. The standard InChI is InChI=1S/C8H12N2O2S/c1-2-12-8(11)6-5-10-7(13-6)3-4-9/h5H,2-4,9H2,1H3. The Morgan fingerprint density at radius 3 is 3.15 bits per heavy atom. The van der Waals surface area contributed by atoms with Crippen molar-refractivity contribution in [1.29, 1.82) is 0 Å². The highest BCUT2D eigenvalue weighted by Crippen LogP contribution is 2.13. The van der Waals surface area contributed by atoms with Crippen molar-refractivity contribution in [3.05, 3.63) is 16.1 Å². The van der Waals surface area contributed by atoms with Gasteiger partial charge in [-0.1, -0.05) is 0 Å². The number of rotatable bonds is 4. The van der Waals surface area contributed by atoms with E-state index in [1.807, 2.05) is 0 Å². The molecule has 0 saturated heterocycles. The molecule has 4 nitrogen and oxygen atoms in total. The van der Waals surface area contributed by atoms with Gasteiger partial charge in [0.05, 0.1) is 17.8 Å². The molecule has 0 aliphatic heterocycles. The zero-order valence-corrected chi connectivity index (χ0v) is 8.26. The molecule has 0 aliphatic carbocycles. The molecule has 0 amide bonds. The van der Waals surface area contributed by atoms with Crippen molar-refractivity contribution in [3.8, 4) is 0 Å². The van der Waals surface area contributed by atoms with Crippen LogP contribution >= 0.6 is 11.3 Å². The predicted octanol–water partition coefficient (Wildman–Crippen LogP) is 0.821. The molecular weight excluding hydrogens is 188 g/mol. The highest BCUT2D eigenvalue weighted by molar-refractivity contribution is 7.13.